The second kappa shape index (κ2) is 4.48. The van der Waals surface area contributed by atoms with E-state index in [1.807, 2.05) is 6.92 Å². The van der Waals surface area contributed by atoms with Gasteiger partial charge in [-0.3, -0.25) is 4.79 Å². The smallest absolute Gasteiger partial charge is 0.252 e. The molecule has 0 radical (unpaired) electrons. The molecule has 0 bridgehead atoms. The first-order valence-electron chi connectivity index (χ1n) is 5.50. The van der Waals surface area contributed by atoms with Crippen LogP contribution in [0.1, 0.15) is 23.4 Å². The Hall–Kier alpha value is -1.98. The van der Waals surface area contributed by atoms with Gasteiger partial charge in [-0.1, -0.05) is 0 Å². The van der Waals surface area contributed by atoms with E-state index in [0.717, 1.165) is 29.8 Å². The molecule has 1 unspecified atom stereocenters. The highest BCUT2D eigenvalue weighted by Crippen LogP contribution is 2.26. The van der Waals surface area contributed by atoms with Crippen LogP contribution in [0.15, 0.2) is 11.3 Å². The molecular formula is C11H15N5O. The van der Waals surface area contributed by atoms with Gasteiger partial charge in [-0.25, -0.2) is 9.97 Å². The molecule has 2 rings (SSSR count). The molecule has 1 amide bonds. The summed E-state index contributed by atoms with van der Waals surface area (Å²) in [6.07, 6.45) is 3.69. The minimum atomic E-state index is -0.251. The van der Waals surface area contributed by atoms with Gasteiger partial charge in [0.1, 0.15) is 6.33 Å². The fourth-order valence-corrected chi connectivity index (χ4v) is 2.12. The first kappa shape index (κ1) is 11.5. The number of amides is 1. The van der Waals surface area contributed by atoms with Gasteiger partial charge in [-0.15, -0.1) is 0 Å². The van der Waals surface area contributed by atoms with Crippen molar-refractivity contribution in [2.75, 3.05) is 0 Å². The van der Waals surface area contributed by atoms with E-state index in [1.165, 1.54) is 0 Å². The Bertz CT molecular complexity index is 479. The Kier molecular flexibility index (Phi) is 3.03. The zero-order valence-electron chi connectivity index (χ0n) is 9.68. The van der Waals surface area contributed by atoms with Crippen LogP contribution in [0.4, 0.5) is 0 Å². The first-order chi connectivity index (χ1) is 8.08. The summed E-state index contributed by atoms with van der Waals surface area (Å²) in [6.45, 7) is 1.92. The van der Waals surface area contributed by atoms with Crippen LogP contribution in [0.2, 0.25) is 0 Å². The normalized spacial score (nSPS) is 18.3. The Morgan fingerprint density at radius 3 is 2.94 bits per heavy atom. The molecule has 0 aliphatic heterocycles. The topological polar surface area (TPSA) is 107 Å². The van der Waals surface area contributed by atoms with Crippen molar-refractivity contribution in [3.8, 4) is 0 Å². The summed E-state index contributed by atoms with van der Waals surface area (Å²) in [5.74, 6) is -0.588. The molecule has 6 heteroatoms. The standard InChI is InChI=1S/C11H15N5O/c1-6-8-4-7(10(17)16-11(12)13)2-3-9(8)15-5-14-6/h5,7H,2-4H2,1H3,(H4,12,13,16,17). The number of carbonyl (C=O) groups is 1. The number of aryl methyl sites for hydroxylation is 2. The van der Waals surface area contributed by atoms with E-state index in [2.05, 4.69) is 15.0 Å². The fourth-order valence-electron chi connectivity index (χ4n) is 2.12. The summed E-state index contributed by atoms with van der Waals surface area (Å²) >= 11 is 0. The predicted octanol–water partition coefficient (Wildman–Crippen LogP) is -0.310. The third-order valence-electron chi connectivity index (χ3n) is 3.02. The van der Waals surface area contributed by atoms with E-state index in [-0.39, 0.29) is 17.8 Å². The number of rotatable bonds is 1. The molecule has 1 atom stereocenters. The zero-order chi connectivity index (χ0) is 12.4. The number of aliphatic imine (C=N–C) groups is 1. The van der Waals surface area contributed by atoms with E-state index in [1.54, 1.807) is 6.33 Å². The van der Waals surface area contributed by atoms with Gasteiger partial charge in [0.05, 0.1) is 0 Å². The summed E-state index contributed by atoms with van der Waals surface area (Å²) in [5, 5.41) is 0. The van der Waals surface area contributed by atoms with Gasteiger partial charge in [0.2, 0.25) is 0 Å². The van der Waals surface area contributed by atoms with Crippen molar-refractivity contribution in [3.63, 3.8) is 0 Å². The third-order valence-corrected chi connectivity index (χ3v) is 3.02. The molecule has 0 aromatic carbocycles. The number of guanidine groups is 1. The lowest BCUT2D eigenvalue weighted by molar-refractivity contribution is -0.121. The molecule has 1 aromatic rings. The lowest BCUT2D eigenvalue weighted by Crippen LogP contribution is -2.29. The van der Waals surface area contributed by atoms with E-state index in [9.17, 15) is 4.79 Å². The number of hydrogen-bond acceptors (Lipinski definition) is 3. The molecule has 4 N–H and O–H groups in total. The van der Waals surface area contributed by atoms with Crippen LogP contribution >= 0.6 is 0 Å². The number of aromatic nitrogens is 2. The fraction of sp³-hybridized carbons (Fsp3) is 0.455. The van der Waals surface area contributed by atoms with Crippen LogP contribution in [0.5, 0.6) is 0 Å². The number of nitrogens with two attached hydrogens (primary N) is 2. The van der Waals surface area contributed by atoms with E-state index >= 15 is 0 Å². The van der Waals surface area contributed by atoms with Crippen LogP contribution < -0.4 is 11.5 Å². The van der Waals surface area contributed by atoms with Crippen LogP contribution in [0.25, 0.3) is 0 Å². The van der Waals surface area contributed by atoms with Crippen molar-refractivity contribution in [2.45, 2.75) is 26.2 Å². The van der Waals surface area contributed by atoms with Gasteiger partial charge in [-0.2, -0.15) is 4.99 Å². The van der Waals surface area contributed by atoms with Crippen LogP contribution in [0, 0.1) is 12.8 Å². The summed E-state index contributed by atoms with van der Waals surface area (Å²) < 4.78 is 0. The van der Waals surface area contributed by atoms with Crippen molar-refractivity contribution in [1.29, 1.82) is 0 Å². The van der Waals surface area contributed by atoms with E-state index in [4.69, 9.17) is 11.5 Å². The summed E-state index contributed by atoms with van der Waals surface area (Å²) in [6, 6.07) is 0. The number of nitrogens with zero attached hydrogens (tertiary/aromatic N) is 3. The van der Waals surface area contributed by atoms with Crippen LogP contribution in [-0.2, 0) is 17.6 Å². The summed E-state index contributed by atoms with van der Waals surface area (Å²) in [7, 11) is 0. The van der Waals surface area contributed by atoms with Gasteiger partial charge >= 0.3 is 0 Å². The summed E-state index contributed by atoms with van der Waals surface area (Å²) in [4.78, 5) is 23.7. The number of fused-ring (bicyclic) bond motifs is 1. The lowest BCUT2D eigenvalue weighted by atomic mass is 9.85. The molecule has 6 nitrogen and oxygen atoms in total. The maximum absolute atomic E-state index is 11.7. The van der Waals surface area contributed by atoms with Crippen molar-refractivity contribution in [1.82, 2.24) is 9.97 Å². The average molecular weight is 233 g/mol. The number of carbonyl (C=O) groups excluding carboxylic acids is 1. The van der Waals surface area contributed by atoms with E-state index in [0.29, 0.717) is 6.42 Å². The minimum Gasteiger partial charge on any atom is -0.370 e. The maximum atomic E-state index is 11.7. The zero-order valence-corrected chi connectivity index (χ0v) is 9.68. The molecule has 0 fully saturated rings. The Labute approximate surface area is 99.2 Å². The van der Waals surface area contributed by atoms with Gasteiger partial charge in [-0.05, 0) is 31.7 Å². The van der Waals surface area contributed by atoms with Crippen molar-refractivity contribution in [3.05, 3.63) is 23.3 Å². The maximum Gasteiger partial charge on any atom is 0.252 e. The molecule has 1 aromatic heterocycles. The molecule has 0 saturated carbocycles. The quantitative estimate of drug-likeness (QED) is 0.511. The molecule has 0 saturated heterocycles. The van der Waals surface area contributed by atoms with Crippen molar-refractivity contribution >= 4 is 11.9 Å². The highest BCUT2D eigenvalue weighted by atomic mass is 16.1. The molecule has 0 spiro atoms. The predicted molar refractivity (Wildman–Crippen MR) is 63.1 cm³/mol. The molecule has 1 aliphatic carbocycles. The van der Waals surface area contributed by atoms with Gasteiger partial charge < -0.3 is 11.5 Å². The Balaban J connectivity index is 2.21. The summed E-state index contributed by atoms with van der Waals surface area (Å²) in [5.41, 5.74) is 13.4. The SMILES string of the molecule is Cc1ncnc2c1CC(C(=O)N=C(N)N)CC2. The highest BCUT2D eigenvalue weighted by Gasteiger charge is 2.26. The third kappa shape index (κ3) is 2.41. The average Bonchev–Trinajstić information content (AvgIpc) is 2.28. The molecule has 1 aliphatic rings. The van der Waals surface area contributed by atoms with Gasteiger partial charge in [0.15, 0.2) is 5.96 Å². The Morgan fingerprint density at radius 2 is 2.24 bits per heavy atom. The monoisotopic (exact) mass is 233 g/mol. The van der Waals surface area contributed by atoms with Crippen molar-refractivity contribution in [2.24, 2.45) is 22.4 Å². The Morgan fingerprint density at radius 1 is 1.47 bits per heavy atom. The van der Waals surface area contributed by atoms with Crippen molar-refractivity contribution < 1.29 is 4.79 Å². The molecule has 90 valence electrons. The molecular weight excluding hydrogens is 218 g/mol. The van der Waals surface area contributed by atoms with Crippen LogP contribution in [0.3, 0.4) is 0 Å². The van der Waals surface area contributed by atoms with Gasteiger partial charge in [0.25, 0.3) is 5.91 Å². The molecule has 17 heavy (non-hydrogen) atoms. The second-order valence-corrected chi connectivity index (χ2v) is 4.20. The van der Waals surface area contributed by atoms with Gasteiger partial charge in [0, 0.05) is 17.3 Å². The molecule has 1 heterocycles. The second-order valence-electron chi connectivity index (χ2n) is 4.20. The van der Waals surface area contributed by atoms with E-state index < -0.39 is 0 Å². The largest absolute Gasteiger partial charge is 0.370 e. The first-order valence-corrected chi connectivity index (χ1v) is 5.50. The number of hydrogen-bond donors (Lipinski definition) is 2. The lowest BCUT2D eigenvalue weighted by Gasteiger charge is -2.22. The van der Waals surface area contributed by atoms with Crippen LogP contribution in [-0.4, -0.2) is 21.8 Å². The highest BCUT2D eigenvalue weighted by molar-refractivity contribution is 5.92. The minimum absolute atomic E-state index is 0.158.